The van der Waals surface area contributed by atoms with Crippen LogP contribution in [0.1, 0.15) is 30.5 Å². The maximum Gasteiger partial charge on any atom is 0.0537 e. The molecule has 0 saturated carbocycles. The number of benzene rings is 12. The van der Waals surface area contributed by atoms with E-state index in [1.807, 2.05) is 0 Å². The van der Waals surface area contributed by atoms with Gasteiger partial charge in [0, 0.05) is 22.3 Å². The van der Waals surface area contributed by atoms with Gasteiger partial charge in [0.2, 0.25) is 0 Å². The Balaban J connectivity index is 0.906. The molecule has 0 radical (unpaired) electrons. The first-order chi connectivity index (χ1) is 36.2. The second-order valence-corrected chi connectivity index (χ2v) is 20.1. The number of para-hydroxylation sites is 1. The summed E-state index contributed by atoms with van der Waals surface area (Å²) in [5, 5.41) is 16.6. The van der Waals surface area contributed by atoms with Crippen molar-refractivity contribution in [2.75, 3.05) is 0 Å². The van der Waals surface area contributed by atoms with E-state index in [4.69, 9.17) is 0 Å². The van der Waals surface area contributed by atoms with Gasteiger partial charge in [0.1, 0.15) is 0 Å². The number of hydrogen-bond acceptors (Lipinski definition) is 0. The molecule has 0 aliphatic heterocycles. The summed E-state index contributed by atoms with van der Waals surface area (Å²) >= 11 is 0. The summed E-state index contributed by atoms with van der Waals surface area (Å²) in [6, 6.07) is 84.3. The van der Waals surface area contributed by atoms with Gasteiger partial charge in [-0.15, -0.1) is 0 Å². The van der Waals surface area contributed by atoms with Crippen molar-refractivity contribution in [3.8, 4) is 61.3 Å². The van der Waals surface area contributed by atoms with Gasteiger partial charge < -0.3 is 4.57 Å². The number of hydrogen-bond donors (Lipinski definition) is 0. The molecule has 15 rings (SSSR count). The zero-order valence-electron chi connectivity index (χ0n) is 40.4. The molecule has 73 heavy (non-hydrogen) atoms. The third-order valence-electron chi connectivity index (χ3n) is 16.0. The van der Waals surface area contributed by atoms with Crippen LogP contribution in [0.2, 0.25) is 0 Å². The van der Waals surface area contributed by atoms with Gasteiger partial charge in [-0.25, -0.2) is 0 Å². The van der Waals surface area contributed by atoms with Crippen molar-refractivity contribution in [3.63, 3.8) is 0 Å². The van der Waals surface area contributed by atoms with Crippen molar-refractivity contribution < 1.29 is 0 Å². The van der Waals surface area contributed by atoms with E-state index in [1.54, 1.807) is 0 Å². The van der Waals surface area contributed by atoms with Gasteiger partial charge in [0.05, 0.1) is 5.52 Å². The lowest BCUT2D eigenvalue weighted by Gasteiger charge is -2.20. The average molecular weight is 928 g/mol. The Morgan fingerprint density at radius 1 is 0.301 bits per heavy atom. The van der Waals surface area contributed by atoms with Gasteiger partial charge in [-0.3, -0.25) is 0 Å². The molecule has 1 heteroatoms. The summed E-state index contributed by atoms with van der Waals surface area (Å²) in [6.07, 6.45) is 13.8. The highest BCUT2D eigenvalue weighted by Gasteiger charge is 2.22. The number of allylic oxidation sites excluding steroid dienone is 1. The third kappa shape index (κ3) is 6.69. The number of nitrogens with zero attached hydrogens (tertiary/aromatic N) is 1. The molecule has 13 aromatic rings. The molecule has 342 valence electrons. The molecule has 0 bridgehead atoms. The van der Waals surface area contributed by atoms with E-state index in [0.717, 1.165) is 25.7 Å². The molecular weight excluding hydrogens is 879 g/mol. The molecule has 0 N–H and O–H groups in total. The molecule has 0 amide bonds. The molecule has 0 unspecified atom stereocenters. The van der Waals surface area contributed by atoms with Crippen molar-refractivity contribution >= 4 is 83.0 Å². The largest absolute Gasteiger partial charge is 0.313 e. The highest BCUT2D eigenvalue weighted by molar-refractivity contribution is 6.23. The monoisotopic (exact) mass is 927 g/mol. The molecule has 1 nitrogen and oxygen atoms in total. The lowest BCUT2D eigenvalue weighted by Crippen LogP contribution is -2.31. The summed E-state index contributed by atoms with van der Waals surface area (Å²) in [7, 11) is 0. The Morgan fingerprint density at radius 3 is 1.44 bits per heavy atom. The molecular formula is C72H49N. The van der Waals surface area contributed by atoms with E-state index in [9.17, 15) is 0 Å². The smallest absolute Gasteiger partial charge is 0.0537 e. The molecule has 1 heterocycles. The Kier molecular flexibility index (Phi) is 9.60. The minimum atomic E-state index is 1.02. The van der Waals surface area contributed by atoms with Crippen LogP contribution in [-0.2, 0) is 6.42 Å². The molecule has 2 aliphatic rings. The van der Waals surface area contributed by atoms with Gasteiger partial charge in [-0.2, -0.15) is 0 Å². The molecule has 0 saturated heterocycles. The summed E-state index contributed by atoms with van der Waals surface area (Å²) in [5.41, 5.74) is 17.8. The highest BCUT2D eigenvalue weighted by Crippen LogP contribution is 2.46. The van der Waals surface area contributed by atoms with Crippen molar-refractivity contribution in [1.29, 1.82) is 0 Å². The molecule has 1 aromatic heterocycles. The fourth-order valence-electron chi connectivity index (χ4n) is 12.7. The first-order valence-electron chi connectivity index (χ1n) is 25.9. The fourth-order valence-corrected chi connectivity index (χ4v) is 12.7. The first-order valence-corrected chi connectivity index (χ1v) is 25.9. The van der Waals surface area contributed by atoms with Crippen LogP contribution in [0.5, 0.6) is 0 Å². The quantitative estimate of drug-likeness (QED) is 0.146. The topological polar surface area (TPSA) is 4.93 Å². The van der Waals surface area contributed by atoms with Crippen LogP contribution in [0.4, 0.5) is 0 Å². The lowest BCUT2D eigenvalue weighted by atomic mass is 9.83. The van der Waals surface area contributed by atoms with Gasteiger partial charge in [0.25, 0.3) is 0 Å². The Morgan fingerprint density at radius 2 is 0.781 bits per heavy atom. The lowest BCUT2D eigenvalue weighted by molar-refractivity contribution is 0.888. The van der Waals surface area contributed by atoms with E-state index in [2.05, 4.69) is 253 Å². The van der Waals surface area contributed by atoms with Crippen molar-refractivity contribution in [2.24, 2.45) is 0 Å². The fraction of sp³-hybridized carbons (Fsp3) is 0.0556. The zero-order valence-corrected chi connectivity index (χ0v) is 40.4. The van der Waals surface area contributed by atoms with Crippen LogP contribution in [0.3, 0.4) is 0 Å². The van der Waals surface area contributed by atoms with Gasteiger partial charge in [-0.05, 0) is 188 Å². The van der Waals surface area contributed by atoms with Crippen LogP contribution in [-0.4, -0.2) is 4.57 Å². The highest BCUT2D eigenvalue weighted by atomic mass is 15.0. The van der Waals surface area contributed by atoms with E-state index >= 15 is 0 Å². The van der Waals surface area contributed by atoms with Gasteiger partial charge in [0.15, 0.2) is 0 Å². The normalized spacial score (nSPS) is 13.2. The summed E-state index contributed by atoms with van der Waals surface area (Å²) in [4.78, 5) is 0. The van der Waals surface area contributed by atoms with Crippen molar-refractivity contribution in [2.45, 2.75) is 25.7 Å². The Bertz CT molecular complexity index is 4600. The van der Waals surface area contributed by atoms with E-state index in [-0.39, 0.29) is 0 Å². The number of rotatable bonds is 6. The zero-order chi connectivity index (χ0) is 48.0. The number of fused-ring (bicyclic) bond motifs is 9. The Labute approximate surface area is 424 Å². The molecule has 0 spiro atoms. The first kappa shape index (κ1) is 41.7. The maximum atomic E-state index is 2.50. The Hall–Kier alpha value is -9.04. The average Bonchev–Trinajstić information content (AvgIpc) is 3.80. The van der Waals surface area contributed by atoms with E-state index in [0.29, 0.717) is 0 Å². The summed E-state index contributed by atoms with van der Waals surface area (Å²) in [6.45, 7) is 0. The van der Waals surface area contributed by atoms with Gasteiger partial charge >= 0.3 is 0 Å². The SMILES string of the molecule is C1=Cc2c(n(-c3ccc(-c4c5c(c(-c6cccc(-c7ccc8c(-c9ccc%10ccccc%10c9)c9ccccc9c(-c9ccc%10ccccc%10c9)c8c7)c6)c6ccccc46)=CCCC=5)cc3)c3ccccc23)CC1. The minimum absolute atomic E-state index is 1.02. The standard InChI is InChI=1S/C72H49N/c1-3-18-49-42-54(34-32-46(49)16-1)71-63-28-9-10-29-64(63)72(55-35-33-47-17-2-4-19-50(47)43-55)66-45-52(38-41-65(66)71)51-20-15-21-53(44-51)70-61-26-7-5-24-59(61)69(60-25-6-8-27-62(60)70)48-36-39-56(40-37-48)73-67-30-13-11-22-57(67)58-23-12-14-31-68(58)73/h1-5,7,9-13,15-30,32-45H,6,8,14,31H2. The van der Waals surface area contributed by atoms with E-state index < -0.39 is 0 Å². The van der Waals surface area contributed by atoms with Crippen LogP contribution in [0.25, 0.3) is 144 Å². The summed E-state index contributed by atoms with van der Waals surface area (Å²) < 4.78 is 2.49. The second kappa shape index (κ2) is 16.8. The molecule has 0 atom stereocenters. The van der Waals surface area contributed by atoms with Gasteiger partial charge in [-0.1, -0.05) is 206 Å². The van der Waals surface area contributed by atoms with Crippen LogP contribution in [0.15, 0.2) is 231 Å². The number of aromatic nitrogens is 1. The molecule has 0 fully saturated rings. The molecule has 12 aromatic carbocycles. The van der Waals surface area contributed by atoms with Crippen LogP contribution in [0, 0.1) is 0 Å². The molecule has 2 aliphatic carbocycles. The predicted octanol–water partition coefficient (Wildman–Crippen LogP) is 18.0. The maximum absolute atomic E-state index is 2.50. The third-order valence-corrected chi connectivity index (χ3v) is 16.0. The van der Waals surface area contributed by atoms with E-state index in [1.165, 1.54) is 148 Å². The van der Waals surface area contributed by atoms with Crippen molar-refractivity contribution in [3.05, 3.63) is 252 Å². The van der Waals surface area contributed by atoms with Crippen LogP contribution >= 0.6 is 0 Å². The summed E-state index contributed by atoms with van der Waals surface area (Å²) in [5.74, 6) is 0. The second-order valence-electron chi connectivity index (χ2n) is 20.1. The minimum Gasteiger partial charge on any atom is -0.313 e. The predicted molar refractivity (Wildman–Crippen MR) is 313 cm³/mol. The van der Waals surface area contributed by atoms with Crippen LogP contribution < -0.4 is 10.4 Å². The van der Waals surface area contributed by atoms with Crippen molar-refractivity contribution in [1.82, 2.24) is 4.57 Å².